The Kier molecular flexibility index (Phi) is 4.93. The number of likely N-dealkylation sites (tertiary alicyclic amines) is 1. The number of nitrogens with one attached hydrogen (secondary N) is 1. The standard InChI is InChI=1S/C14H18BrFN2O/c1-17-14(19)11-5-3-7-18(9-11)8-10-4-2-6-12(16)13(10)15/h2,4,6,11H,3,5,7-9H2,1H3,(H,17,19). The predicted octanol–water partition coefficient (Wildman–Crippen LogP) is 2.55. The molecule has 0 bridgehead atoms. The number of hydrogen-bond donors (Lipinski definition) is 1. The van der Waals surface area contributed by atoms with Gasteiger partial charge < -0.3 is 5.32 Å². The molecule has 1 N–H and O–H groups in total. The summed E-state index contributed by atoms with van der Waals surface area (Å²) in [5.41, 5.74) is 0.928. The number of hydrogen-bond acceptors (Lipinski definition) is 2. The van der Waals surface area contributed by atoms with Crippen molar-refractivity contribution >= 4 is 21.8 Å². The van der Waals surface area contributed by atoms with Gasteiger partial charge in [-0.25, -0.2) is 4.39 Å². The lowest BCUT2D eigenvalue weighted by Gasteiger charge is -2.32. The van der Waals surface area contributed by atoms with Gasteiger partial charge in [0.05, 0.1) is 10.4 Å². The maximum Gasteiger partial charge on any atom is 0.224 e. The van der Waals surface area contributed by atoms with E-state index in [1.807, 2.05) is 6.07 Å². The lowest BCUT2D eigenvalue weighted by molar-refractivity contribution is -0.126. The van der Waals surface area contributed by atoms with E-state index in [1.165, 1.54) is 6.07 Å². The molecular weight excluding hydrogens is 311 g/mol. The van der Waals surface area contributed by atoms with Gasteiger partial charge in [0.25, 0.3) is 0 Å². The first kappa shape index (κ1) is 14.5. The number of rotatable bonds is 3. The summed E-state index contributed by atoms with van der Waals surface area (Å²) in [5, 5.41) is 2.70. The van der Waals surface area contributed by atoms with Crippen LogP contribution in [0.4, 0.5) is 4.39 Å². The maximum atomic E-state index is 13.5. The molecule has 0 aliphatic carbocycles. The van der Waals surface area contributed by atoms with E-state index in [1.54, 1.807) is 13.1 Å². The largest absolute Gasteiger partial charge is 0.359 e. The Labute approximate surface area is 121 Å². The number of carbonyl (C=O) groups excluding carboxylic acids is 1. The molecule has 1 amide bonds. The van der Waals surface area contributed by atoms with Crippen LogP contribution in [0.5, 0.6) is 0 Å². The molecule has 104 valence electrons. The molecule has 1 aromatic carbocycles. The average molecular weight is 329 g/mol. The zero-order valence-corrected chi connectivity index (χ0v) is 12.5. The molecule has 3 nitrogen and oxygen atoms in total. The Morgan fingerprint density at radius 3 is 3.11 bits per heavy atom. The third-order valence-corrected chi connectivity index (χ3v) is 4.44. The van der Waals surface area contributed by atoms with Crippen molar-refractivity contribution < 1.29 is 9.18 Å². The number of carbonyl (C=O) groups is 1. The quantitative estimate of drug-likeness (QED) is 0.924. The molecule has 1 aliphatic rings. The molecule has 2 rings (SSSR count). The SMILES string of the molecule is CNC(=O)C1CCCN(Cc2cccc(F)c2Br)C1. The summed E-state index contributed by atoms with van der Waals surface area (Å²) in [6, 6.07) is 5.07. The van der Waals surface area contributed by atoms with Crippen molar-refractivity contribution in [2.45, 2.75) is 19.4 Å². The number of halogens is 2. The highest BCUT2D eigenvalue weighted by Crippen LogP contribution is 2.24. The van der Waals surface area contributed by atoms with Gasteiger partial charge >= 0.3 is 0 Å². The van der Waals surface area contributed by atoms with Gasteiger partial charge in [-0.05, 0) is 46.9 Å². The van der Waals surface area contributed by atoms with Crippen LogP contribution >= 0.6 is 15.9 Å². The second kappa shape index (κ2) is 6.48. The number of benzene rings is 1. The molecule has 1 saturated heterocycles. The van der Waals surface area contributed by atoms with Gasteiger partial charge in [0.2, 0.25) is 5.91 Å². The van der Waals surface area contributed by atoms with Gasteiger partial charge in [-0.2, -0.15) is 0 Å². The highest BCUT2D eigenvalue weighted by Gasteiger charge is 2.25. The molecule has 1 aliphatic heterocycles. The number of nitrogens with zero attached hydrogens (tertiary/aromatic N) is 1. The average Bonchev–Trinajstić information content (AvgIpc) is 2.43. The minimum atomic E-state index is -0.239. The third-order valence-electron chi connectivity index (χ3n) is 3.55. The van der Waals surface area contributed by atoms with Gasteiger partial charge in [0, 0.05) is 20.1 Å². The lowest BCUT2D eigenvalue weighted by atomic mass is 9.97. The molecule has 0 aromatic heterocycles. The van der Waals surface area contributed by atoms with Crippen molar-refractivity contribution in [1.82, 2.24) is 10.2 Å². The molecule has 5 heteroatoms. The molecule has 0 saturated carbocycles. The van der Waals surface area contributed by atoms with E-state index >= 15 is 0 Å². The Morgan fingerprint density at radius 2 is 2.37 bits per heavy atom. The first-order chi connectivity index (χ1) is 9.11. The smallest absolute Gasteiger partial charge is 0.224 e. The van der Waals surface area contributed by atoms with Crippen LogP contribution in [0.3, 0.4) is 0 Å². The van der Waals surface area contributed by atoms with Crippen LogP contribution in [0, 0.1) is 11.7 Å². The summed E-state index contributed by atoms with van der Waals surface area (Å²) >= 11 is 3.28. The summed E-state index contributed by atoms with van der Waals surface area (Å²) < 4.78 is 14.0. The van der Waals surface area contributed by atoms with Gasteiger partial charge in [-0.1, -0.05) is 12.1 Å². The summed E-state index contributed by atoms with van der Waals surface area (Å²) in [5.74, 6) is -0.0912. The minimum absolute atomic E-state index is 0.0473. The van der Waals surface area contributed by atoms with E-state index in [0.29, 0.717) is 11.0 Å². The van der Waals surface area contributed by atoms with Crippen molar-refractivity contribution in [3.8, 4) is 0 Å². The summed E-state index contributed by atoms with van der Waals surface area (Å²) in [6.45, 7) is 2.37. The van der Waals surface area contributed by atoms with Gasteiger partial charge in [0.15, 0.2) is 0 Å². The van der Waals surface area contributed by atoms with Crippen LogP contribution in [0.1, 0.15) is 18.4 Å². The van der Waals surface area contributed by atoms with Crippen LogP contribution in [0.25, 0.3) is 0 Å². The Balaban J connectivity index is 2.03. The predicted molar refractivity (Wildman–Crippen MR) is 76.2 cm³/mol. The van der Waals surface area contributed by atoms with Crippen LogP contribution < -0.4 is 5.32 Å². The van der Waals surface area contributed by atoms with E-state index in [0.717, 1.165) is 31.5 Å². The zero-order valence-electron chi connectivity index (χ0n) is 11.0. The minimum Gasteiger partial charge on any atom is -0.359 e. The fraction of sp³-hybridized carbons (Fsp3) is 0.500. The number of piperidine rings is 1. The molecule has 0 spiro atoms. The second-order valence-electron chi connectivity index (χ2n) is 4.90. The first-order valence-corrected chi connectivity index (χ1v) is 7.28. The topological polar surface area (TPSA) is 32.3 Å². The monoisotopic (exact) mass is 328 g/mol. The van der Waals surface area contributed by atoms with Gasteiger partial charge in [-0.15, -0.1) is 0 Å². The molecule has 1 atom stereocenters. The molecule has 0 radical (unpaired) electrons. The van der Waals surface area contributed by atoms with Crippen LogP contribution in [-0.2, 0) is 11.3 Å². The van der Waals surface area contributed by atoms with E-state index in [9.17, 15) is 9.18 Å². The van der Waals surface area contributed by atoms with Crippen molar-refractivity contribution in [2.24, 2.45) is 5.92 Å². The van der Waals surface area contributed by atoms with E-state index in [4.69, 9.17) is 0 Å². The normalized spacial score (nSPS) is 20.3. The highest BCUT2D eigenvalue weighted by molar-refractivity contribution is 9.10. The summed E-state index contributed by atoms with van der Waals surface area (Å²) in [7, 11) is 1.67. The molecule has 1 heterocycles. The first-order valence-electron chi connectivity index (χ1n) is 6.48. The fourth-order valence-electron chi connectivity index (χ4n) is 2.53. The van der Waals surface area contributed by atoms with Crippen molar-refractivity contribution in [3.05, 3.63) is 34.1 Å². The van der Waals surface area contributed by atoms with Gasteiger partial charge in [-0.3, -0.25) is 9.69 Å². The van der Waals surface area contributed by atoms with E-state index in [2.05, 4.69) is 26.1 Å². The summed E-state index contributed by atoms with van der Waals surface area (Å²) in [4.78, 5) is 13.9. The third kappa shape index (κ3) is 3.54. The molecular formula is C14H18BrFN2O. The second-order valence-corrected chi connectivity index (χ2v) is 5.69. The molecule has 1 aromatic rings. The zero-order chi connectivity index (χ0) is 13.8. The Bertz CT molecular complexity index is 467. The van der Waals surface area contributed by atoms with Crippen LogP contribution in [-0.4, -0.2) is 30.9 Å². The molecule has 1 unspecified atom stereocenters. The van der Waals surface area contributed by atoms with Crippen molar-refractivity contribution in [2.75, 3.05) is 20.1 Å². The lowest BCUT2D eigenvalue weighted by Crippen LogP contribution is -2.41. The van der Waals surface area contributed by atoms with Gasteiger partial charge in [0.1, 0.15) is 5.82 Å². The van der Waals surface area contributed by atoms with Crippen molar-refractivity contribution in [1.29, 1.82) is 0 Å². The summed E-state index contributed by atoms with van der Waals surface area (Å²) in [6.07, 6.45) is 1.94. The number of amides is 1. The fourth-order valence-corrected chi connectivity index (χ4v) is 2.92. The maximum absolute atomic E-state index is 13.5. The van der Waals surface area contributed by atoms with Crippen LogP contribution in [0.15, 0.2) is 22.7 Å². The molecule has 19 heavy (non-hydrogen) atoms. The Morgan fingerprint density at radius 1 is 1.58 bits per heavy atom. The molecule has 1 fully saturated rings. The van der Waals surface area contributed by atoms with E-state index in [-0.39, 0.29) is 17.6 Å². The highest BCUT2D eigenvalue weighted by atomic mass is 79.9. The Hall–Kier alpha value is -0.940. The van der Waals surface area contributed by atoms with Crippen molar-refractivity contribution in [3.63, 3.8) is 0 Å². The van der Waals surface area contributed by atoms with E-state index < -0.39 is 0 Å². The van der Waals surface area contributed by atoms with Crippen LogP contribution in [0.2, 0.25) is 0 Å².